The molecule has 0 radical (unpaired) electrons. The SMILES string of the molecule is CCOc1ccc(C(C)=O)cc1COC(=O)c1sc2nc3n(c(=O)c2c1C)CCCCC3. The molecule has 0 bridgehead atoms. The van der Waals surface area contributed by atoms with Crippen LogP contribution in [0, 0.1) is 6.92 Å². The van der Waals surface area contributed by atoms with Gasteiger partial charge in [-0.1, -0.05) is 6.42 Å². The maximum Gasteiger partial charge on any atom is 0.349 e. The minimum absolute atomic E-state index is 0.0358. The molecule has 0 amide bonds. The molecule has 3 aromatic rings. The zero-order valence-electron chi connectivity index (χ0n) is 18.5. The zero-order chi connectivity index (χ0) is 22.8. The Bertz CT molecular complexity index is 1260. The number of benzene rings is 1. The second-order valence-corrected chi connectivity index (χ2v) is 8.92. The standard InChI is InChI=1S/C24H26N2O5S/c1-4-30-18-10-9-16(15(3)27)12-17(18)13-31-24(29)21-14(2)20-22(32-21)25-19-8-6-5-7-11-26(19)23(20)28/h9-10,12H,4-8,11,13H2,1-3H3. The monoisotopic (exact) mass is 454 g/mol. The Hall–Kier alpha value is -3.00. The summed E-state index contributed by atoms with van der Waals surface area (Å²) in [6.07, 6.45) is 3.83. The van der Waals surface area contributed by atoms with Gasteiger partial charge in [-0.2, -0.15) is 0 Å². The molecule has 168 valence electrons. The number of esters is 1. The van der Waals surface area contributed by atoms with Gasteiger partial charge >= 0.3 is 5.97 Å². The maximum atomic E-state index is 13.1. The van der Waals surface area contributed by atoms with Crippen LogP contribution in [0.3, 0.4) is 0 Å². The van der Waals surface area contributed by atoms with E-state index in [0.717, 1.165) is 31.5 Å². The first kappa shape index (κ1) is 22.2. The number of fused-ring (bicyclic) bond motifs is 2. The highest BCUT2D eigenvalue weighted by Crippen LogP contribution is 2.30. The van der Waals surface area contributed by atoms with Crippen LogP contribution in [0.2, 0.25) is 0 Å². The van der Waals surface area contributed by atoms with Crippen molar-refractivity contribution >= 4 is 33.3 Å². The highest BCUT2D eigenvalue weighted by Gasteiger charge is 2.23. The number of rotatable bonds is 6. The van der Waals surface area contributed by atoms with E-state index in [4.69, 9.17) is 14.5 Å². The fourth-order valence-electron chi connectivity index (χ4n) is 4.02. The maximum absolute atomic E-state index is 13.1. The van der Waals surface area contributed by atoms with Crippen molar-refractivity contribution < 1.29 is 19.1 Å². The summed E-state index contributed by atoms with van der Waals surface area (Å²) in [7, 11) is 0. The zero-order valence-corrected chi connectivity index (χ0v) is 19.3. The first-order valence-corrected chi connectivity index (χ1v) is 11.7. The van der Waals surface area contributed by atoms with Gasteiger partial charge in [0.2, 0.25) is 0 Å². The van der Waals surface area contributed by atoms with E-state index in [-0.39, 0.29) is 17.9 Å². The normalized spacial score (nSPS) is 13.5. The Morgan fingerprint density at radius 1 is 1.22 bits per heavy atom. The second kappa shape index (κ2) is 9.24. The number of hydrogen-bond acceptors (Lipinski definition) is 7. The van der Waals surface area contributed by atoms with E-state index in [2.05, 4.69) is 0 Å². The average Bonchev–Trinajstić information content (AvgIpc) is 2.94. The Labute approximate surface area is 190 Å². The molecule has 3 heterocycles. The number of nitrogens with zero attached hydrogens (tertiary/aromatic N) is 2. The van der Waals surface area contributed by atoms with Crippen molar-refractivity contribution in [1.29, 1.82) is 0 Å². The van der Waals surface area contributed by atoms with Gasteiger partial charge in [0.25, 0.3) is 5.56 Å². The molecule has 4 rings (SSSR count). The van der Waals surface area contributed by atoms with Crippen LogP contribution in [0.5, 0.6) is 5.75 Å². The molecule has 2 aromatic heterocycles. The fraction of sp³-hybridized carbons (Fsp3) is 0.417. The Morgan fingerprint density at radius 3 is 2.78 bits per heavy atom. The Morgan fingerprint density at radius 2 is 2.03 bits per heavy atom. The smallest absolute Gasteiger partial charge is 0.349 e. The molecule has 0 aliphatic carbocycles. The van der Waals surface area contributed by atoms with Gasteiger partial charge in [0, 0.05) is 24.1 Å². The molecular formula is C24H26N2O5S. The molecule has 0 atom stereocenters. The molecule has 7 nitrogen and oxygen atoms in total. The number of ether oxygens (including phenoxy) is 2. The molecule has 0 saturated carbocycles. The predicted octanol–water partition coefficient (Wildman–Crippen LogP) is 4.45. The van der Waals surface area contributed by atoms with Crippen LogP contribution in [0.1, 0.15) is 70.1 Å². The largest absolute Gasteiger partial charge is 0.493 e. The summed E-state index contributed by atoms with van der Waals surface area (Å²) < 4.78 is 12.9. The second-order valence-electron chi connectivity index (χ2n) is 7.92. The number of aromatic nitrogens is 2. The number of ketones is 1. The van der Waals surface area contributed by atoms with E-state index in [1.54, 1.807) is 29.7 Å². The number of carbonyl (C=O) groups excluding carboxylic acids is 2. The van der Waals surface area contributed by atoms with Crippen molar-refractivity contribution in [3.63, 3.8) is 0 Å². The van der Waals surface area contributed by atoms with Crippen molar-refractivity contribution in [2.24, 2.45) is 0 Å². The van der Waals surface area contributed by atoms with Crippen LogP contribution in [0.25, 0.3) is 10.2 Å². The minimum atomic E-state index is -0.513. The lowest BCUT2D eigenvalue weighted by Crippen LogP contribution is -2.24. The Kier molecular flexibility index (Phi) is 6.41. The van der Waals surface area contributed by atoms with Crippen molar-refractivity contribution in [1.82, 2.24) is 9.55 Å². The number of Topliss-reactive ketones (excluding diaryl/α,β-unsaturated/α-hetero) is 1. The molecule has 0 unspecified atom stereocenters. The minimum Gasteiger partial charge on any atom is -0.493 e. The van der Waals surface area contributed by atoms with E-state index < -0.39 is 5.97 Å². The topological polar surface area (TPSA) is 87.5 Å². The Balaban J connectivity index is 1.63. The lowest BCUT2D eigenvalue weighted by atomic mass is 10.1. The lowest BCUT2D eigenvalue weighted by molar-refractivity contribution is 0.0475. The number of carbonyl (C=O) groups is 2. The van der Waals surface area contributed by atoms with Crippen LogP contribution < -0.4 is 10.3 Å². The molecule has 1 aromatic carbocycles. The van der Waals surface area contributed by atoms with E-state index in [1.165, 1.54) is 18.3 Å². The van der Waals surface area contributed by atoms with Gasteiger partial charge in [-0.05, 0) is 57.4 Å². The summed E-state index contributed by atoms with van der Waals surface area (Å²) in [5.41, 5.74) is 1.68. The van der Waals surface area contributed by atoms with Gasteiger partial charge in [0.15, 0.2) is 5.78 Å². The summed E-state index contributed by atoms with van der Waals surface area (Å²) in [5, 5.41) is 0.501. The van der Waals surface area contributed by atoms with E-state index in [1.807, 2.05) is 6.92 Å². The molecule has 32 heavy (non-hydrogen) atoms. The average molecular weight is 455 g/mol. The molecule has 8 heteroatoms. The third-order valence-electron chi connectivity index (χ3n) is 5.72. The lowest BCUT2D eigenvalue weighted by Gasteiger charge is -2.12. The highest BCUT2D eigenvalue weighted by molar-refractivity contribution is 7.20. The van der Waals surface area contributed by atoms with Crippen molar-refractivity contribution in [3.05, 3.63) is 55.9 Å². The highest BCUT2D eigenvalue weighted by atomic mass is 32.1. The van der Waals surface area contributed by atoms with Crippen LogP contribution >= 0.6 is 11.3 Å². The fourth-order valence-corrected chi connectivity index (χ4v) is 5.11. The van der Waals surface area contributed by atoms with Gasteiger partial charge in [0.1, 0.15) is 27.9 Å². The molecule has 0 N–H and O–H groups in total. The van der Waals surface area contributed by atoms with E-state index in [9.17, 15) is 14.4 Å². The molecule has 0 saturated heterocycles. The quantitative estimate of drug-likeness (QED) is 0.404. The van der Waals surface area contributed by atoms with Crippen molar-refractivity contribution in [2.45, 2.75) is 59.6 Å². The summed E-state index contributed by atoms with van der Waals surface area (Å²) in [4.78, 5) is 43.5. The molecule has 1 aliphatic rings. The first-order chi connectivity index (χ1) is 15.4. The van der Waals surface area contributed by atoms with Crippen LogP contribution in [-0.4, -0.2) is 27.9 Å². The molecule has 0 spiro atoms. The number of aryl methyl sites for hydroxylation is 2. The van der Waals surface area contributed by atoms with Gasteiger partial charge in [-0.15, -0.1) is 11.3 Å². The first-order valence-electron chi connectivity index (χ1n) is 10.9. The summed E-state index contributed by atoms with van der Waals surface area (Å²) in [6.45, 7) is 6.20. The predicted molar refractivity (Wildman–Crippen MR) is 123 cm³/mol. The third-order valence-corrected chi connectivity index (χ3v) is 6.89. The van der Waals surface area contributed by atoms with Gasteiger partial charge < -0.3 is 9.47 Å². The summed E-state index contributed by atoms with van der Waals surface area (Å²) in [5.74, 6) is 0.777. The summed E-state index contributed by atoms with van der Waals surface area (Å²) in [6, 6.07) is 5.09. The number of thiophene rings is 1. The molecular weight excluding hydrogens is 428 g/mol. The van der Waals surface area contributed by atoms with Crippen LogP contribution in [0.15, 0.2) is 23.0 Å². The van der Waals surface area contributed by atoms with E-state index >= 15 is 0 Å². The van der Waals surface area contributed by atoms with Crippen LogP contribution in [0.4, 0.5) is 0 Å². The van der Waals surface area contributed by atoms with Crippen molar-refractivity contribution in [3.8, 4) is 5.75 Å². The third kappa shape index (κ3) is 4.19. The molecule has 1 aliphatic heterocycles. The van der Waals surface area contributed by atoms with Crippen LogP contribution in [-0.2, 0) is 24.3 Å². The van der Waals surface area contributed by atoms with Gasteiger partial charge in [0.05, 0.1) is 12.0 Å². The van der Waals surface area contributed by atoms with Gasteiger partial charge in [-0.25, -0.2) is 9.78 Å². The van der Waals surface area contributed by atoms with Crippen molar-refractivity contribution in [2.75, 3.05) is 6.61 Å². The number of hydrogen-bond donors (Lipinski definition) is 0. The molecule has 0 fully saturated rings. The van der Waals surface area contributed by atoms with Gasteiger partial charge in [-0.3, -0.25) is 14.2 Å². The van der Waals surface area contributed by atoms with E-state index in [0.29, 0.717) is 50.7 Å². The summed E-state index contributed by atoms with van der Waals surface area (Å²) >= 11 is 1.20.